The van der Waals surface area contributed by atoms with Gasteiger partial charge in [-0.15, -0.1) is 0 Å². The Morgan fingerprint density at radius 1 is 1.35 bits per heavy atom. The molecule has 0 saturated carbocycles. The minimum Gasteiger partial charge on any atom is -0.467 e. The average Bonchev–Trinajstić information content (AvgIpc) is 3.21. The van der Waals surface area contributed by atoms with Gasteiger partial charge in [0.25, 0.3) is 5.91 Å². The summed E-state index contributed by atoms with van der Waals surface area (Å²) in [6.07, 6.45) is 3.74. The largest absolute Gasteiger partial charge is 0.467 e. The smallest absolute Gasteiger partial charge is 0.258 e. The number of aliphatic imine (C=N–C) groups is 1. The Morgan fingerprint density at radius 2 is 2.15 bits per heavy atom. The van der Waals surface area contributed by atoms with Gasteiger partial charge in [0.05, 0.1) is 18.5 Å². The first-order valence-electron chi connectivity index (χ1n) is 8.96. The van der Waals surface area contributed by atoms with E-state index in [2.05, 4.69) is 16.8 Å². The summed E-state index contributed by atoms with van der Waals surface area (Å²) in [5.74, 6) is 1.51. The number of benzene rings is 1. The fourth-order valence-electron chi connectivity index (χ4n) is 3.08. The van der Waals surface area contributed by atoms with Crippen molar-refractivity contribution >= 4 is 29.2 Å². The first-order chi connectivity index (χ1) is 12.5. The Kier molecular flexibility index (Phi) is 5.67. The van der Waals surface area contributed by atoms with Crippen molar-refractivity contribution in [2.24, 2.45) is 4.99 Å². The summed E-state index contributed by atoms with van der Waals surface area (Å²) in [5.41, 5.74) is 1.77. The van der Waals surface area contributed by atoms with Crippen LogP contribution in [0, 0.1) is 6.92 Å². The number of unbranched alkanes of at least 4 members (excludes halogenated alkanes) is 1. The Morgan fingerprint density at radius 3 is 2.81 bits per heavy atom. The molecule has 1 aliphatic rings. The molecule has 0 spiro atoms. The maximum atomic E-state index is 12.9. The van der Waals surface area contributed by atoms with Crippen LogP contribution >= 0.6 is 11.6 Å². The summed E-state index contributed by atoms with van der Waals surface area (Å²) >= 11 is 6.09. The first-order valence-corrected chi connectivity index (χ1v) is 9.34. The molecule has 0 N–H and O–H groups in total. The molecule has 2 aromatic rings. The minimum atomic E-state index is -0.402. The normalized spacial score (nSPS) is 16.9. The van der Waals surface area contributed by atoms with E-state index in [1.165, 1.54) is 0 Å². The summed E-state index contributed by atoms with van der Waals surface area (Å²) in [5, 5.41) is 0.655. The molecule has 2 heterocycles. The van der Waals surface area contributed by atoms with Crippen molar-refractivity contribution in [1.29, 1.82) is 0 Å². The number of carbonyl (C=O) groups excluding carboxylic acids is 1. The van der Waals surface area contributed by atoms with Gasteiger partial charge in [-0.2, -0.15) is 0 Å². The molecule has 0 aliphatic carbocycles. The molecule has 1 aliphatic heterocycles. The van der Waals surface area contributed by atoms with Crippen molar-refractivity contribution < 1.29 is 9.21 Å². The van der Waals surface area contributed by atoms with Gasteiger partial charge in [-0.1, -0.05) is 24.9 Å². The van der Waals surface area contributed by atoms with E-state index in [1.807, 2.05) is 38.1 Å². The zero-order valence-electron chi connectivity index (χ0n) is 15.4. The second kappa shape index (κ2) is 7.96. The molecule has 1 aromatic carbocycles. The number of carbonyl (C=O) groups is 1. The van der Waals surface area contributed by atoms with Crippen LogP contribution < -0.4 is 4.90 Å². The van der Waals surface area contributed by atoms with Crippen molar-refractivity contribution in [1.82, 2.24) is 4.90 Å². The molecule has 0 fully saturated rings. The maximum Gasteiger partial charge on any atom is 0.258 e. The second-order valence-corrected chi connectivity index (χ2v) is 7.00. The van der Waals surface area contributed by atoms with Crippen LogP contribution in [0.3, 0.4) is 0 Å². The molecule has 0 saturated heterocycles. The fraction of sp³-hybridized carbons (Fsp3) is 0.400. The van der Waals surface area contributed by atoms with E-state index < -0.39 is 6.04 Å². The van der Waals surface area contributed by atoms with Gasteiger partial charge in [0, 0.05) is 11.6 Å². The molecule has 1 unspecified atom stereocenters. The number of hydrogen-bond acceptors (Lipinski definition) is 4. The number of anilines is 1. The highest BCUT2D eigenvalue weighted by molar-refractivity contribution is 6.31. The minimum absolute atomic E-state index is 0.0219. The van der Waals surface area contributed by atoms with Crippen LogP contribution in [0.5, 0.6) is 0 Å². The number of nitrogens with zero attached hydrogens (tertiary/aromatic N) is 3. The number of rotatable bonds is 6. The first kappa shape index (κ1) is 18.5. The highest BCUT2D eigenvalue weighted by atomic mass is 35.5. The number of amides is 1. The summed E-state index contributed by atoms with van der Waals surface area (Å²) in [4.78, 5) is 21.4. The highest BCUT2D eigenvalue weighted by Gasteiger charge is 2.36. The van der Waals surface area contributed by atoms with Gasteiger partial charge in [0.2, 0.25) is 5.96 Å². The van der Waals surface area contributed by atoms with E-state index >= 15 is 0 Å². The molecule has 1 amide bonds. The van der Waals surface area contributed by atoms with Crippen LogP contribution in [0.1, 0.15) is 38.0 Å². The molecule has 1 aromatic heterocycles. The Bertz CT molecular complexity index is 801. The van der Waals surface area contributed by atoms with Gasteiger partial charge in [-0.3, -0.25) is 4.79 Å². The van der Waals surface area contributed by atoms with Gasteiger partial charge in [0.1, 0.15) is 11.8 Å². The number of furan rings is 1. The lowest BCUT2D eigenvalue weighted by Gasteiger charge is -2.30. The number of halogens is 1. The highest BCUT2D eigenvalue weighted by Crippen LogP contribution is 2.29. The van der Waals surface area contributed by atoms with Gasteiger partial charge in [0.15, 0.2) is 0 Å². The fourth-order valence-corrected chi connectivity index (χ4v) is 3.31. The predicted molar refractivity (Wildman–Crippen MR) is 105 cm³/mol. The average molecular weight is 374 g/mol. The van der Waals surface area contributed by atoms with Crippen molar-refractivity contribution in [3.63, 3.8) is 0 Å². The van der Waals surface area contributed by atoms with E-state index in [4.69, 9.17) is 16.0 Å². The van der Waals surface area contributed by atoms with Crippen LogP contribution in [-0.2, 0) is 11.3 Å². The lowest BCUT2D eigenvalue weighted by molar-refractivity contribution is -0.117. The summed E-state index contributed by atoms with van der Waals surface area (Å²) in [7, 11) is 0. The number of guanidine groups is 1. The lowest BCUT2D eigenvalue weighted by atomic mass is 10.1. The molecule has 1 atom stereocenters. The molecule has 3 rings (SSSR count). The van der Waals surface area contributed by atoms with Gasteiger partial charge >= 0.3 is 0 Å². The monoisotopic (exact) mass is 373 g/mol. The van der Waals surface area contributed by atoms with Crippen LogP contribution in [0.25, 0.3) is 0 Å². The Labute approximate surface area is 159 Å². The maximum absolute atomic E-state index is 12.9. The molecule has 6 heteroatoms. The number of hydrogen-bond donors (Lipinski definition) is 0. The van der Waals surface area contributed by atoms with E-state index in [0.717, 1.165) is 36.4 Å². The van der Waals surface area contributed by atoms with Crippen molar-refractivity contribution in [2.45, 2.75) is 46.2 Å². The van der Waals surface area contributed by atoms with Crippen LogP contribution in [0.15, 0.2) is 46.0 Å². The quantitative estimate of drug-likeness (QED) is 0.741. The third kappa shape index (κ3) is 3.78. The number of aryl methyl sites for hydroxylation is 1. The van der Waals surface area contributed by atoms with Crippen LogP contribution in [0.4, 0.5) is 5.69 Å². The van der Waals surface area contributed by atoms with Crippen molar-refractivity contribution in [2.75, 3.05) is 11.4 Å². The SMILES string of the molecule is CCCCN(Cc1ccco1)C1=NC(C)C(=O)N1c1ccc(Cl)cc1C. The van der Waals surface area contributed by atoms with E-state index in [1.54, 1.807) is 17.2 Å². The molecule has 138 valence electrons. The molecule has 0 bridgehead atoms. The topological polar surface area (TPSA) is 49.1 Å². The standard InChI is InChI=1S/C20H24ClN3O2/c1-4-5-10-23(13-17-7-6-11-26-17)20-22-15(3)19(25)24(20)18-9-8-16(21)12-14(18)2/h6-9,11-12,15H,4-5,10,13H2,1-3H3. The second-order valence-electron chi connectivity index (χ2n) is 6.56. The summed E-state index contributed by atoms with van der Waals surface area (Å²) in [6.45, 7) is 7.32. The van der Waals surface area contributed by atoms with E-state index in [-0.39, 0.29) is 5.91 Å². The van der Waals surface area contributed by atoms with Gasteiger partial charge < -0.3 is 9.32 Å². The summed E-state index contributed by atoms with van der Waals surface area (Å²) in [6, 6.07) is 8.97. The molecule has 5 nitrogen and oxygen atoms in total. The third-order valence-electron chi connectivity index (χ3n) is 4.48. The Balaban J connectivity index is 1.96. The van der Waals surface area contributed by atoms with Crippen LogP contribution in [0.2, 0.25) is 5.02 Å². The van der Waals surface area contributed by atoms with Gasteiger partial charge in [-0.05, 0) is 56.2 Å². The van der Waals surface area contributed by atoms with Crippen molar-refractivity contribution in [3.05, 3.63) is 52.9 Å². The molecular weight excluding hydrogens is 350 g/mol. The lowest BCUT2D eigenvalue weighted by Crippen LogP contribution is -2.45. The van der Waals surface area contributed by atoms with E-state index in [9.17, 15) is 4.79 Å². The third-order valence-corrected chi connectivity index (χ3v) is 4.71. The van der Waals surface area contributed by atoms with Crippen LogP contribution in [-0.4, -0.2) is 29.4 Å². The predicted octanol–water partition coefficient (Wildman–Crippen LogP) is 4.63. The Hall–Kier alpha value is -2.27. The zero-order chi connectivity index (χ0) is 18.7. The van der Waals surface area contributed by atoms with Gasteiger partial charge in [-0.25, -0.2) is 9.89 Å². The zero-order valence-corrected chi connectivity index (χ0v) is 16.2. The molecule has 0 radical (unpaired) electrons. The molecule has 26 heavy (non-hydrogen) atoms. The summed E-state index contributed by atoms with van der Waals surface area (Å²) < 4.78 is 5.52. The van der Waals surface area contributed by atoms with Crippen molar-refractivity contribution in [3.8, 4) is 0 Å². The molecular formula is C20H24ClN3O2. The van der Waals surface area contributed by atoms with E-state index in [0.29, 0.717) is 17.5 Å².